The van der Waals surface area contributed by atoms with Crippen LogP contribution in [0.15, 0.2) is 43.0 Å². The molecule has 2 aromatic rings. The van der Waals surface area contributed by atoms with Crippen LogP contribution in [0.5, 0.6) is 5.75 Å². The van der Waals surface area contributed by atoms with Crippen LogP contribution in [0.4, 0.5) is 5.69 Å². The molecule has 0 aliphatic heterocycles. The number of anilines is 1. The number of nitrogens with zero attached hydrogens (tertiary/aromatic N) is 2. The first-order valence-corrected chi connectivity index (χ1v) is 10.2. The normalized spacial score (nSPS) is 31.0. The minimum Gasteiger partial charge on any atom is -0.490 e. The third-order valence-electron chi connectivity index (χ3n) is 6.84. The summed E-state index contributed by atoms with van der Waals surface area (Å²) >= 11 is 0. The van der Waals surface area contributed by atoms with Crippen LogP contribution < -0.4 is 10.1 Å². The lowest BCUT2D eigenvalue weighted by Crippen LogP contribution is -2.49. The second-order valence-electron chi connectivity index (χ2n) is 8.59. The predicted molar refractivity (Wildman–Crippen MR) is 103 cm³/mol. The second-order valence-corrected chi connectivity index (χ2v) is 8.59. The van der Waals surface area contributed by atoms with Gasteiger partial charge in [0.15, 0.2) is 0 Å². The van der Waals surface area contributed by atoms with Gasteiger partial charge in [0.1, 0.15) is 12.4 Å². The fourth-order valence-corrected chi connectivity index (χ4v) is 5.95. The van der Waals surface area contributed by atoms with E-state index in [4.69, 9.17) is 4.74 Å². The molecular formula is C22H27N3O2. The van der Waals surface area contributed by atoms with E-state index in [1.807, 2.05) is 35.0 Å². The average molecular weight is 365 g/mol. The summed E-state index contributed by atoms with van der Waals surface area (Å²) in [4.78, 5) is 17.2. The van der Waals surface area contributed by atoms with Gasteiger partial charge in [0, 0.05) is 18.3 Å². The zero-order chi connectivity index (χ0) is 18.2. The molecule has 6 rings (SSSR count). The van der Waals surface area contributed by atoms with Crippen molar-refractivity contribution in [3.8, 4) is 5.75 Å². The van der Waals surface area contributed by atoms with Crippen molar-refractivity contribution >= 4 is 11.6 Å². The maximum Gasteiger partial charge on any atom is 0.228 e. The number of benzene rings is 1. The highest BCUT2D eigenvalue weighted by atomic mass is 16.5. The smallest absolute Gasteiger partial charge is 0.228 e. The van der Waals surface area contributed by atoms with Gasteiger partial charge in [-0.05, 0) is 67.9 Å². The molecule has 1 N–H and O–H groups in total. The van der Waals surface area contributed by atoms with Crippen molar-refractivity contribution < 1.29 is 9.53 Å². The van der Waals surface area contributed by atoms with Gasteiger partial charge in [-0.2, -0.15) is 0 Å². The summed E-state index contributed by atoms with van der Waals surface area (Å²) in [6.45, 7) is 1.28. The number of carbonyl (C=O) groups excluding carboxylic acids is 1. The lowest BCUT2D eigenvalue weighted by molar-refractivity contribution is -0.132. The van der Waals surface area contributed by atoms with Crippen LogP contribution in [0.25, 0.3) is 0 Å². The molecule has 1 heterocycles. The number of carbonyl (C=O) groups is 1. The van der Waals surface area contributed by atoms with Crippen LogP contribution in [0, 0.1) is 29.6 Å². The van der Waals surface area contributed by atoms with E-state index in [2.05, 4.69) is 10.3 Å². The average Bonchev–Trinajstić information content (AvgIpc) is 3.16. The molecule has 4 aliphatic carbocycles. The SMILES string of the molecule is O=C(Nc1ccccc1OCCn1ccnc1)C1C2CC3CC(C2)CC1C3. The van der Waals surface area contributed by atoms with Crippen LogP contribution >= 0.6 is 0 Å². The van der Waals surface area contributed by atoms with Crippen molar-refractivity contribution in [2.75, 3.05) is 11.9 Å². The third-order valence-corrected chi connectivity index (χ3v) is 6.84. The maximum absolute atomic E-state index is 13.1. The van der Waals surface area contributed by atoms with Gasteiger partial charge in [-0.3, -0.25) is 4.79 Å². The van der Waals surface area contributed by atoms with Crippen molar-refractivity contribution in [1.82, 2.24) is 9.55 Å². The van der Waals surface area contributed by atoms with Crippen LogP contribution in [0.2, 0.25) is 0 Å². The molecule has 4 saturated carbocycles. The number of aromatic nitrogens is 2. The Morgan fingerprint density at radius 2 is 1.85 bits per heavy atom. The predicted octanol–water partition coefficient (Wildman–Crippen LogP) is 3.97. The summed E-state index contributed by atoms with van der Waals surface area (Å²) < 4.78 is 7.94. The van der Waals surface area contributed by atoms with Gasteiger partial charge < -0.3 is 14.6 Å². The van der Waals surface area contributed by atoms with E-state index in [1.165, 1.54) is 32.1 Å². The van der Waals surface area contributed by atoms with E-state index in [9.17, 15) is 4.79 Å². The fraction of sp³-hybridized carbons (Fsp3) is 0.545. The molecule has 4 aliphatic rings. The van der Waals surface area contributed by atoms with Crippen molar-refractivity contribution in [1.29, 1.82) is 0 Å². The molecule has 5 nitrogen and oxygen atoms in total. The maximum atomic E-state index is 13.1. The first-order valence-electron chi connectivity index (χ1n) is 10.2. The number of nitrogens with one attached hydrogen (secondary N) is 1. The van der Waals surface area contributed by atoms with E-state index in [1.54, 1.807) is 12.5 Å². The molecule has 0 radical (unpaired) electrons. The molecule has 1 amide bonds. The Morgan fingerprint density at radius 1 is 1.11 bits per heavy atom. The summed E-state index contributed by atoms with van der Waals surface area (Å²) in [6, 6.07) is 7.78. The van der Waals surface area contributed by atoms with Gasteiger partial charge in [-0.1, -0.05) is 12.1 Å². The largest absolute Gasteiger partial charge is 0.490 e. The standard InChI is InChI=1S/C22H27N3O2/c26-22(21-17-10-15-9-16(12-17)13-18(21)11-15)24-19-3-1-2-4-20(19)27-8-7-25-6-5-23-14-25/h1-6,14-18,21H,7-13H2,(H,24,26). The molecule has 4 bridgehead atoms. The Kier molecular flexibility index (Phi) is 4.38. The number of para-hydroxylation sites is 2. The molecular weight excluding hydrogens is 338 g/mol. The van der Waals surface area contributed by atoms with Crippen LogP contribution in [-0.2, 0) is 11.3 Å². The van der Waals surface area contributed by atoms with Crippen molar-refractivity contribution in [3.63, 3.8) is 0 Å². The number of amides is 1. The van der Waals surface area contributed by atoms with Gasteiger partial charge in [0.2, 0.25) is 5.91 Å². The zero-order valence-electron chi connectivity index (χ0n) is 15.6. The summed E-state index contributed by atoms with van der Waals surface area (Å²) in [6.07, 6.45) is 11.9. The number of ether oxygens (including phenoxy) is 1. The fourth-order valence-electron chi connectivity index (χ4n) is 5.95. The second kappa shape index (κ2) is 7.02. The van der Waals surface area contributed by atoms with E-state index in [-0.39, 0.29) is 11.8 Å². The van der Waals surface area contributed by atoms with Crippen molar-refractivity contribution in [3.05, 3.63) is 43.0 Å². The molecule has 0 unspecified atom stereocenters. The third kappa shape index (κ3) is 3.35. The van der Waals surface area contributed by atoms with Crippen LogP contribution in [0.3, 0.4) is 0 Å². The Hall–Kier alpha value is -2.30. The molecule has 5 heteroatoms. The van der Waals surface area contributed by atoms with Gasteiger partial charge in [-0.15, -0.1) is 0 Å². The van der Waals surface area contributed by atoms with Gasteiger partial charge in [0.25, 0.3) is 0 Å². The Morgan fingerprint density at radius 3 is 2.56 bits per heavy atom. The number of rotatable bonds is 6. The number of hydrogen-bond donors (Lipinski definition) is 1. The van der Waals surface area contributed by atoms with E-state index < -0.39 is 0 Å². The summed E-state index contributed by atoms with van der Waals surface area (Å²) in [5.41, 5.74) is 0.793. The summed E-state index contributed by atoms with van der Waals surface area (Å²) in [5.74, 6) is 4.10. The van der Waals surface area contributed by atoms with Gasteiger partial charge >= 0.3 is 0 Å². The topological polar surface area (TPSA) is 56.1 Å². The van der Waals surface area contributed by atoms with Crippen LogP contribution in [0.1, 0.15) is 32.1 Å². The van der Waals surface area contributed by atoms with E-state index >= 15 is 0 Å². The minimum absolute atomic E-state index is 0.191. The molecule has 1 aromatic heterocycles. The molecule has 0 saturated heterocycles. The van der Waals surface area contributed by atoms with Crippen molar-refractivity contribution in [2.45, 2.75) is 38.6 Å². The first kappa shape index (κ1) is 16.8. The minimum atomic E-state index is 0.191. The highest BCUT2D eigenvalue weighted by Crippen LogP contribution is 2.56. The number of imidazole rings is 1. The molecule has 0 spiro atoms. The Bertz CT molecular complexity index is 774. The Balaban J connectivity index is 1.24. The highest BCUT2D eigenvalue weighted by Gasteiger charge is 2.50. The molecule has 1 aromatic carbocycles. The highest BCUT2D eigenvalue weighted by molar-refractivity contribution is 5.94. The molecule has 142 valence electrons. The first-order chi connectivity index (χ1) is 13.3. The van der Waals surface area contributed by atoms with Gasteiger partial charge in [0.05, 0.1) is 18.6 Å². The van der Waals surface area contributed by atoms with Gasteiger partial charge in [-0.25, -0.2) is 4.98 Å². The van der Waals surface area contributed by atoms with Crippen molar-refractivity contribution in [2.24, 2.45) is 29.6 Å². The van der Waals surface area contributed by atoms with E-state index in [0.29, 0.717) is 18.4 Å². The quantitative estimate of drug-likeness (QED) is 0.843. The summed E-state index contributed by atoms with van der Waals surface area (Å²) in [5, 5.41) is 3.20. The number of hydrogen-bond acceptors (Lipinski definition) is 3. The van der Waals surface area contributed by atoms with Crippen LogP contribution in [-0.4, -0.2) is 22.1 Å². The summed E-state index contributed by atoms with van der Waals surface area (Å²) in [7, 11) is 0. The molecule has 27 heavy (non-hydrogen) atoms. The molecule has 0 atom stereocenters. The zero-order valence-corrected chi connectivity index (χ0v) is 15.6. The monoisotopic (exact) mass is 365 g/mol. The lowest BCUT2D eigenvalue weighted by atomic mass is 9.51. The Labute approximate surface area is 160 Å². The van der Waals surface area contributed by atoms with E-state index in [0.717, 1.165) is 29.8 Å². The molecule has 4 fully saturated rings. The lowest BCUT2D eigenvalue weighted by Gasteiger charge is -2.53.